The van der Waals surface area contributed by atoms with Gasteiger partial charge in [-0.3, -0.25) is 9.69 Å². The highest BCUT2D eigenvalue weighted by Crippen LogP contribution is 2.63. The summed E-state index contributed by atoms with van der Waals surface area (Å²) in [6.07, 6.45) is 2.25. The van der Waals surface area contributed by atoms with Crippen LogP contribution in [-0.4, -0.2) is 55.5 Å². The Hall–Kier alpha value is -2.03. The van der Waals surface area contributed by atoms with Crippen LogP contribution in [-0.2, 0) is 31.0 Å². The SMILES string of the molecule is CO[C@H]1[C@H](C)C[C@@]2(Cc3ccc(F)cc3[C@]23N=C(N)N(CC2(C)OCCO2)C3=O)C[C@@H]1C. The lowest BCUT2D eigenvalue weighted by atomic mass is 9.56. The molecule has 1 amide bonds. The van der Waals surface area contributed by atoms with E-state index in [0.717, 1.165) is 18.4 Å². The molecule has 8 heteroatoms. The highest BCUT2D eigenvalue weighted by atomic mass is 19.1. The smallest absolute Gasteiger partial charge is 0.262 e. The van der Waals surface area contributed by atoms with Gasteiger partial charge in [0.1, 0.15) is 5.82 Å². The molecule has 1 aromatic carbocycles. The van der Waals surface area contributed by atoms with E-state index < -0.39 is 16.7 Å². The normalized spacial score (nSPS) is 38.0. The van der Waals surface area contributed by atoms with E-state index in [0.29, 0.717) is 25.2 Å². The van der Waals surface area contributed by atoms with Gasteiger partial charge in [-0.15, -0.1) is 0 Å². The third kappa shape index (κ3) is 2.89. The third-order valence-electron chi connectivity index (χ3n) is 8.03. The lowest BCUT2D eigenvalue weighted by molar-refractivity contribution is -0.164. The summed E-state index contributed by atoms with van der Waals surface area (Å²) in [6.45, 7) is 7.20. The van der Waals surface area contributed by atoms with Gasteiger partial charge in [0.05, 0.1) is 25.9 Å². The number of hydrogen-bond donors (Lipinski definition) is 1. The molecule has 4 aliphatic rings. The second-order valence-corrected chi connectivity index (χ2v) is 10.2. The zero-order valence-corrected chi connectivity index (χ0v) is 19.2. The van der Waals surface area contributed by atoms with Gasteiger partial charge in [0, 0.05) is 12.5 Å². The number of carbonyl (C=O) groups is 1. The molecular formula is C24H32FN3O4. The van der Waals surface area contributed by atoms with Crippen LogP contribution < -0.4 is 5.73 Å². The molecule has 2 aliphatic carbocycles. The number of nitrogens with two attached hydrogens (primary N) is 1. The van der Waals surface area contributed by atoms with E-state index in [-0.39, 0.29) is 42.2 Å². The molecule has 174 valence electrons. The van der Waals surface area contributed by atoms with Gasteiger partial charge >= 0.3 is 0 Å². The van der Waals surface area contributed by atoms with E-state index in [1.54, 1.807) is 20.1 Å². The zero-order chi connectivity index (χ0) is 22.9. The molecule has 7 nitrogen and oxygen atoms in total. The first-order chi connectivity index (χ1) is 15.1. The minimum absolute atomic E-state index is 0.103. The number of nitrogens with zero attached hydrogens (tertiary/aromatic N) is 2. The number of halogens is 1. The fourth-order valence-corrected chi connectivity index (χ4v) is 7.02. The lowest BCUT2D eigenvalue weighted by Crippen LogP contribution is -2.57. The lowest BCUT2D eigenvalue weighted by Gasteiger charge is -2.50. The number of fused-ring (bicyclic) bond motifs is 3. The minimum atomic E-state index is -1.25. The molecule has 0 aromatic heterocycles. The molecule has 5 rings (SSSR count). The van der Waals surface area contributed by atoms with Crippen molar-refractivity contribution in [2.45, 2.75) is 57.5 Å². The Labute approximate surface area is 188 Å². The van der Waals surface area contributed by atoms with Crippen molar-refractivity contribution in [3.8, 4) is 0 Å². The molecule has 2 spiro atoms. The Morgan fingerprint density at radius 2 is 1.91 bits per heavy atom. The fourth-order valence-electron chi connectivity index (χ4n) is 7.02. The molecule has 0 radical (unpaired) electrons. The van der Waals surface area contributed by atoms with Crippen molar-refractivity contribution < 1.29 is 23.4 Å². The van der Waals surface area contributed by atoms with Crippen molar-refractivity contribution in [3.05, 3.63) is 35.1 Å². The highest BCUT2D eigenvalue weighted by molar-refractivity contribution is 6.08. The molecule has 1 saturated carbocycles. The molecule has 0 unspecified atom stereocenters. The number of methoxy groups -OCH3 is 1. The van der Waals surface area contributed by atoms with Crippen molar-refractivity contribution in [1.82, 2.24) is 4.90 Å². The predicted molar refractivity (Wildman–Crippen MR) is 116 cm³/mol. The number of aliphatic imine (C=N–C) groups is 1. The summed E-state index contributed by atoms with van der Waals surface area (Å²) in [6, 6.07) is 4.74. The number of ether oxygens (including phenoxy) is 3. The zero-order valence-electron chi connectivity index (χ0n) is 19.2. The maximum absolute atomic E-state index is 14.5. The summed E-state index contributed by atoms with van der Waals surface area (Å²) in [5.41, 5.74) is 6.26. The van der Waals surface area contributed by atoms with Gasteiger partial charge < -0.3 is 19.9 Å². The van der Waals surface area contributed by atoms with Gasteiger partial charge in [-0.25, -0.2) is 9.38 Å². The summed E-state index contributed by atoms with van der Waals surface area (Å²) in [5, 5.41) is 0. The monoisotopic (exact) mass is 445 g/mol. The maximum Gasteiger partial charge on any atom is 0.262 e. The van der Waals surface area contributed by atoms with E-state index in [1.807, 2.05) is 0 Å². The maximum atomic E-state index is 14.5. The van der Waals surface area contributed by atoms with Crippen molar-refractivity contribution >= 4 is 11.9 Å². The molecule has 1 saturated heterocycles. The quantitative estimate of drug-likeness (QED) is 0.773. The molecular weight excluding hydrogens is 413 g/mol. The van der Waals surface area contributed by atoms with Crippen molar-refractivity contribution in [1.29, 1.82) is 0 Å². The Kier molecular flexibility index (Phi) is 4.93. The average molecular weight is 446 g/mol. The number of hydrogen-bond acceptors (Lipinski definition) is 6. The van der Waals surface area contributed by atoms with Crippen LogP contribution in [0.5, 0.6) is 0 Å². The second-order valence-electron chi connectivity index (χ2n) is 10.2. The Balaban J connectivity index is 1.62. The van der Waals surface area contributed by atoms with Crippen molar-refractivity contribution in [2.75, 3.05) is 26.9 Å². The third-order valence-corrected chi connectivity index (χ3v) is 8.03. The molecule has 2 N–H and O–H groups in total. The number of carbonyl (C=O) groups excluding carboxylic acids is 1. The van der Waals surface area contributed by atoms with E-state index in [9.17, 15) is 9.18 Å². The van der Waals surface area contributed by atoms with E-state index in [2.05, 4.69) is 13.8 Å². The van der Waals surface area contributed by atoms with Gasteiger partial charge in [0.15, 0.2) is 17.3 Å². The molecule has 2 fully saturated rings. The largest absolute Gasteiger partial charge is 0.381 e. The van der Waals surface area contributed by atoms with E-state index >= 15 is 0 Å². The molecule has 5 atom stereocenters. The first-order valence-corrected chi connectivity index (χ1v) is 11.4. The minimum Gasteiger partial charge on any atom is -0.381 e. The van der Waals surface area contributed by atoms with E-state index in [1.165, 1.54) is 17.0 Å². The molecule has 2 heterocycles. The topological polar surface area (TPSA) is 86.4 Å². The van der Waals surface area contributed by atoms with Crippen molar-refractivity contribution in [2.24, 2.45) is 28.0 Å². The number of benzene rings is 1. The first kappa shape index (κ1) is 21.8. The van der Waals surface area contributed by atoms with Crippen LogP contribution >= 0.6 is 0 Å². The average Bonchev–Trinajstić information content (AvgIpc) is 3.34. The van der Waals surface area contributed by atoms with Crippen LogP contribution in [0.15, 0.2) is 23.2 Å². The molecule has 2 aliphatic heterocycles. The van der Waals surface area contributed by atoms with Crippen molar-refractivity contribution in [3.63, 3.8) is 0 Å². The Morgan fingerprint density at radius 3 is 2.53 bits per heavy atom. The van der Waals surface area contributed by atoms with Gasteiger partial charge in [0.25, 0.3) is 5.91 Å². The number of amides is 1. The Morgan fingerprint density at radius 1 is 1.25 bits per heavy atom. The molecule has 0 bridgehead atoms. The summed E-state index contributed by atoms with van der Waals surface area (Å²) < 4.78 is 31.7. The standard InChI is InChI=1S/C24H32FN3O4/c1-14-10-23(11-15(2)19(14)30-4)12-16-5-6-17(25)9-18(16)24(23)20(29)28(21(26)27-24)13-22(3)31-7-8-32-22/h5-6,9,14-15,19H,7-8,10-13H2,1-4H3,(H2,26,27)/t14-,15+,19+,23+,24-/m1/s1. The van der Waals surface area contributed by atoms with Gasteiger partial charge in [-0.1, -0.05) is 19.9 Å². The molecule has 32 heavy (non-hydrogen) atoms. The predicted octanol–water partition coefficient (Wildman–Crippen LogP) is 2.56. The Bertz CT molecular complexity index is 964. The summed E-state index contributed by atoms with van der Waals surface area (Å²) in [4.78, 5) is 20.6. The highest BCUT2D eigenvalue weighted by Gasteiger charge is 2.68. The summed E-state index contributed by atoms with van der Waals surface area (Å²) >= 11 is 0. The second kappa shape index (κ2) is 7.23. The number of guanidine groups is 1. The van der Waals surface area contributed by atoms with Gasteiger partial charge in [0.2, 0.25) is 0 Å². The van der Waals surface area contributed by atoms with Crippen LogP contribution in [0.3, 0.4) is 0 Å². The number of rotatable bonds is 3. The van der Waals surface area contributed by atoms with Crippen LogP contribution in [0.1, 0.15) is 44.7 Å². The first-order valence-electron chi connectivity index (χ1n) is 11.4. The van der Waals surface area contributed by atoms with Gasteiger partial charge in [-0.2, -0.15) is 0 Å². The van der Waals surface area contributed by atoms with Crippen LogP contribution in [0.4, 0.5) is 4.39 Å². The van der Waals surface area contributed by atoms with E-state index in [4.69, 9.17) is 24.9 Å². The van der Waals surface area contributed by atoms with Crippen LogP contribution in [0.2, 0.25) is 0 Å². The summed E-state index contributed by atoms with van der Waals surface area (Å²) in [7, 11) is 1.74. The van der Waals surface area contributed by atoms with Crippen LogP contribution in [0.25, 0.3) is 0 Å². The summed E-state index contributed by atoms with van der Waals surface area (Å²) in [5.74, 6) is -0.946. The van der Waals surface area contributed by atoms with Crippen LogP contribution in [0, 0.1) is 23.1 Å². The fraction of sp³-hybridized carbons (Fsp3) is 0.667. The van der Waals surface area contributed by atoms with Gasteiger partial charge in [-0.05, 0) is 61.3 Å². The molecule has 1 aromatic rings.